The van der Waals surface area contributed by atoms with Gasteiger partial charge in [0.25, 0.3) is 0 Å². The molecule has 2 saturated heterocycles. The molecular weight excluding hydrogens is 419 g/mol. The Morgan fingerprint density at radius 3 is 2.48 bits per heavy atom. The first kappa shape index (κ1) is 21.4. The molecule has 0 saturated carbocycles. The number of guanidine groups is 1. The second kappa shape index (κ2) is 11.8. The zero-order chi connectivity index (χ0) is 15.7. The van der Waals surface area contributed by atoms with Gasteiger partial charge >= 0.3 is 0 Å². The van der Waals surface area contributed by atoms with Crippen LogP contribution >= 0.6 is 35.7 Å². The van der Waals surface area contributed by atoms with Crippen LogP contribution in [0.3, 0.4) is 0 Å². The van der Waals surface area contributed by atoms with E-state index in [0.29, 0.717) is 4.75 Å². The fraction of sp³-hybridized carbons (Fsp3) is 0.941. The van der Waals surface area contributed by atoms with E-state index in [4.69, 9.17) is 0 Å². The van der Waals surface area contributed by atoms with Crippen molar-refractivity contribution in [3.05, 3.63) is 0 Å². The fourth-order valence-electron chi connectivity index (χ4n) is 3.34. The van der Waals surface area contributed by atoms with Crippen molar-refractivity contribution < 1.29 is 0 Å². The molecule has 23 heavy (non-hydrogen) atoms. The first-order valence-corrected chi connectivity index (χ1v) is 10.0. The van der Waals surface area contributed by atoms with E-state index in [1.807, 2.05) is 7.05 Å². The van der Waals surface area contributed by atoms with Crippen molar-refractivity contribution in [2.75, 3.05) is 45.5 Å². The van der Waals surface area contributed by atoms with E-state index in [1.165, 1.54) is 70.3 Å². The van der Waals surface area contributed by atoms with Gasteiger partial charge in [-0.2, -0.15) is 11.8 Å². The molecule has 0 amide bonds. The van der Waals surface area contributed by atoms with Crippen LogP contribution in [0.1, 0.15) is 51.9 Å². The Labute approximate surface area is 164 Å². The molecule has 2 rings (SSSR count). The zero-order valence-electron chi connectivity index (χ0n) is 14.9. The predicted molar refractivity (Wildman–Crippen MR) is 114 cm³/mol. The highest BCUT2D eigenvalue weighted by atomic mass is 127. The summed E-state index contributed by atoms with van der Waals surface area (Å²) in [6.07, 6.45) is 9.47. The summed E-state index contributed by atoms with van der Waals surface area (Å²) >= 11 is 2.09. The minimum atomic E-state index is 0. The first-order chi connectivity index (χ1) is 10.7. The van der Waals surface area contributed by atoms with Crippen molar-refractivity contribution in [2.24, 2.45) is 4.99 Å². The molecule has 1 unspecified atom stereocenters. The van der Waals surface area contributed by atoms with Gasteiger partial charge < -0.3 is 15.5 Å². The summed E-state index contributed by atoms with van der Waals surface area (Å²) < 4.78 is 0.393. The molecule has 136 valence electrons. The Morgan fingerprint density at radius 1 is 1.13 bits per heavy atom. The SMILES string of the molecule is CN=C(NCCCN1CCCCCC1)NCC1(C)CCCS1.I. The molecule has 0 aromatic carbocycles. The fourth-order valence-corrected chi connectivity index (χ4v) is 4.58. The van der Waals surface area contributed by atoms with Crippen molar-refractivity contribution in [3.63, 3.8) is 0 Å². The molecule has 2 aliphatic rings. The molecule has 2 heterocycles. The van der Waals surface area contributed by atoms with Gasteiger partial charge in [-0.15, -0.1) is 24.0 Å². The Hall–Kier alpha value is 0.310. The van der Waals surface area contributed by atoms with E-state index in [0.717, 1.165) is 19.0 Å². The summed E-state index contributed by atoms with van der Waals surface area (Å²) in [4.78, 5) is 6.98. The van der Waals surface area contributed by atoms with Gasteiger partial charge in [0.2, 0.25) is 0 Å². The molecule has 0 radical (unpaired) electrons. The minimum Gasteiger partial charge on any atom is -0.356 e. The van der Waals surface area contributed by atoms with Crippen LogP contribution in [-0.4, -0.2) is 61.1 Å². The maximum absolute atomic E-state index is 4.35. The number of likely N-dealkylation sites (tertiary alicyclic amines) is 1. The average Bonchev–Trinajstić information content (AvgIpc) is 2.80. The van der Waals surface area contributed by atoms with E-state index >= 15 is 0 Å². The minimum absolute atomic E-state index is 0. The zero-order valence-corrected chi connectivity index (χ0v) is 18.1. The third-order valence-corrected chi connectivity index (χ3v) is 6.33. The number of aliphatic imine (C=N–C) groups is 1. The lowest BCUT2D eigenvalue weighted by molar-refractivity contribution is 0.282. The lowest BCUT2D eigenvalue weighted by Crippen LogP contribution is -2.44. The van der Waals surface area contributed by atoms with Crippen molar-refractivity contribution in [3.8, 4) is 0 Å². The molecule has 2 N–H and O–H groups in total. The van der Waals surface area contributed by atoms with Gasteiger partial charge in [0.15, 0.2) is 5.96 Å². The summed E-state index contributed by atoms with van der Waals surface area (Å²) in [6, 6.07) is 0. The van der Waals surface area contributed by atoms with Gasteiger partial charge in [0.05, 0.1) is 0 Å². The molecule has 0 spiro atoms. The normalized spacial score (nSPS) is 26.4. The lowest BCUT2D eigenvalue weighted by Gasteiger charge is -2.24. The van der Waals surface area contributed by atoms with Crippen LogP contribution < -0.4 is 10.6 Å². The second-order valence-electron chi connectivity index (χ2n) is 6.86. The summed E-state index contributed by atoms with van der Waals surface area (Å²) in [5.74, 6) is 2.27. The predicted octanol–water partition coefficient (Wildman–Crippen LogP) is 3.32. The highest BCUT2D eigenvalue weighted by Gasteiger charge is 2.29. The van der Waals surface area contributed by atoms with E-state index < -0.39 is 0 Å². The van der Waals surface area contributed by atoms with E-state index in [9.17, 15) is 0 Å². The highest BCUT2D eigenvalue weighted by molar-refractivity contribution is 14.0. The number of rotatable bonds is 6. The summed E-state index contributed by atoms with van der Waals surface area (Å²) in [6.45, 7) is 8.20. The summed E-state index contributed by atoms with van der Waals surface area (Å²) in [5.41, 5.74) is 0. The standard InChI is InChI=1S/C17H34N4S.HI/c1-17(9-7-14-22-17)15-20-16(18-2)19-10-8-13-21-11-5-3-4-6-12-21;/h3-15H2,1-2H3,(H2,18,19,20);1H. The summed E-state index contributed by atoms with van der Waals surface area (Å²) in [5, 5.41) is 6.97. The molecule has 2 aliphatic heterocycles. The van der Waals surface area contributed by atoms with Crippen LogP contribution in [0.4, 0.5) is 0 Å². The van der Waals surface area contributed by atoms with Crippen LogP contribution in [0, 0.1) is 0 Å². The molecule has 4 nitrogen and oxygen atoms in total. The molecule has 0 aromatic rings. The number of hydrogen-bond donors (Lipinski definition) is 2. The van der Waals surface area contributed by atoms with Crippen molar-refractivity contribution in [2.45, 2.75) is 56.6 Å². The van der Waals surface area contributed by atoms with Gasteiger partial charge in [0.1, 0.15) is 0 Å². The topological polar surface area (TPSA) is 39.7 Å². The lowest BCUT2D eigenvalue weighted by atomic mass is 10.1. The smallest absolute Gasteiger partial charge is 0.191 e. The monoisotopic (exact) mass is 454 g/mol. The third-order valence-electron chi connectivity index (χ3n) is 4.80. The molecule has 6 heteroatoms. The second-order valence-corrected chi connectivity index (χ2v) is 8.55. The largest absolute Gasteiger partial charge is 0.356 e. The Kier molecular flexibility index (Phi) is 10.9. The van der Waals surface area contributed by atoms with Gasteiger partial charge in [-0.25, -0.2) is 0 Å². The third kappa shape index (κ3) is 8.29. The Morgan fingerprint density at radius 2 is 1.87 bits per heavy atom. The Bertz CT molecular complexity index is 337. The van der Waals surface area contributed by atoms with Gasteiger partial charge in [-0.3, -0.25) is 4.99 Å². The Balaban J connectivity index is 0.00000264. The van der Waals surface area contributed by atoms with E-state index in [1.54, 1.807) is 0 Å². The molecule has 0 aliphatic carbocycles. The first-order valence-electron chi connectivity index (χ1n) is 9.03. The quantitative estimate of drug-likeness (QED) is 0.280. The van der Waals surface area contributed by atoms with Crippen LogP contribution in [0.5, 0.6) is 0 Å². The molecule has 1 atom stereocenters. The van der Waals surface area contributed by atoms with Gasteiger partial charge in [0, 0.05) is 24.9 Å². The maximum atomic E-state index is 4.35. The van der Waals surface area contributed by atoms with Crippen molar-refractivity contribution in [1.82, 2.24) is 15.5 Å². The van der Waals surface area contributed by atoms with E-state index in [-0.39, 0.29) is 24.0 Å². The maximum Gasteiger partial charge on any atom is 0.191 e. The van der Waals surface area contributed by atoms with E-state index in [2.05, 4.69) is 39.2 Å². The number of nitrogens with zero attached hydrogens (tertiary/aromatic N) is 2. The molecule has 0 bridgehead atoms. The van der Waals surface area contributed by atoms with Crippen molar-refractivity contribution in [1.29, 1.82) is 0 Å². The summed E-state index contributed by atoms with van der Waals surface area (Å²) in [7, 11) is 1.87. The molecular formula is C17H35IN4S. The average molecular weight is 454 g/mol. The van der Waals surface area contributed by atoms with Crippen molar-refractivity contribution >= 4 is 41.7 Å². The highest BCUT2D eigenvalue weighted by Crippen LogP contribution is 2.36. The van der Waals surface area contributed by atoms with Crippen LogP contribution in [0.2, 0.25) is 0 Å². The van der Waals surface area contributed by atoms with Crippen LogP contribution in [0.15, 0.2) is 4.99 Å². The van der Waals surface area contributed by atoms with Gasteiger partial charge in [-0.1, -0.05) is 12.8 Å². The number of halogens is 1. The van der Waals surface area contributed by atoms with Crippen LogP contribution in [0.25, 0.3) is 0 Å². The van der Waals surface area contributed by atoms with Crippen LogP contribution in [-0.2, 0) is 0 Å². The number of nitrogens with one attached hydrogen (secondary N) is 2. The molecule has 2 fully saturated rings. The molecule has 0 aromatic heterocycles. The van der Waals surface area contributed by atoms with Gasteiger partial charge in [-0.05, 0) is 64.4 Å². The number of hydrogen-bond acceptors (Lipinski definition) is 3. The number of thioether (sulfide) groups is 1.